The molecule has 2 N–H and O–H groups in total. The van der Waals surface area contributed by atoms with E-state index in [1.54, 1.807) is 17.3 Å². The lowest BCUT2D eigenvalue weighted by Gasteiger charge is -2.19. The number of benzene rings is 1. The van der Waals surface area contributed by atoms with Gasteiger partial charge in [0, 0.05) is 56.0 Å². The smallest absolute Gasteiger partial charge is 0.321 e. The van der Waals surface area contributed by atoms with Crippen molar-refractivity contribution in [1.82, 2.24) is 20.2 Å². The number of carbonyl (C=O) groups excluding carboxylic acids is 2. The number of carbonyl (C=O) groups is 2. The van der Waals surface area contributed by atoms with Gasteiger partial charge in [0.25, 0.3) is 0 Å². The van der Waals surface area contributed by atoms with Crippen molar-refractivity contribution in [3.8, 4) is 0 Å². The summed E-state index contributed by atoms with van der Waals surface area (Å²) in [6.07, 6.45) is 5.38. The van der Waals surface area contributed by atoms with E-state index in [1.165, 1.54) is 0 Å². The standard InChI is InChI=1S/C19H21N5O2/c25-18(13-10-16-17(11-13)21-8-7-20-16)22-15-6-9-24(12-15)19(26)23-14-4-2-1-3-5-14/h1-5,7-8,13,15H,6,9-12H2,(H,22,25)(H,23,26). The first-order valence-electron chi connectivity index (χ1n) is 8.89. The molecule has 7 heteroatoms. The molecule has 2 heterocycles. The van der Waals surface area contributed by atoms with Crippen LogP contribution in [-0.2, 0) is 17.6 Å². The number of hydrogen-bond acceptors (Lipinski definition) is 4. The molecule has 0 bridgehead atoms. The Hall–Kier alpha value is -2.96. The number of anilines is 1. The molecule has 1 aliphatic carbocycles. The van der Waals surface area contributed by atoms with Crippen LogP contribution in [0.25, 0.3) is 0 Å². The van der Waals surface area contributed by atoms with Gasteiger partial charge >= 0.3 is 6.03 Å². The van der Waals surface area contributed by atoms with E-state index < -0.39 is 0 Å². The first-order valence-corrected chi connectivity index (χ1v) is 8.89. The van der Waals surface area contributed by atoms with Gasteiger partial charge in [-0.1, -0.05) is 18.2 Å². The highest BCUT2D eigenvalue weighted by Gasteiger charge is 2.33. The van der Waals surface area contributed by atoms with Crippen LogP contribution in [0.15, 0.2) is 42.7 Å². The van der Waals surface area contributed by atoms with Crippen LogP contribution in [0, 0.1) is 5.92 Å². The van der Waals surface area contributed by atoms with Crippen molar-refractivity contribution in [3.63, 3.8) is 0 Å². The minimum atomic E-state index is -0.130. The molecule has 1 atom stereocenters. The van der Waals surface area contributed by atoms with Crippen LogP contribution in [0.3, 0.4) is 0 Å². The van der Waals surface area contributed by atoms with Crippen LogP contribution in [0.4, 0.5) is 10.5 Å². The van der Waals surface area contributed by atoms with E-state index in [0.29, 0.717) is 25.9 Å². The minimum Gasteiger partial charge on any atom is -0.351 e. The number of hydrogen-bond donors (Lipinski definition) is 2. The molecule has 2 aromatic rings. The average Bonchev–Trinajstić information content (AvgIpc) is 3.29. The van der Waals surface area contributed by atoms with E-state index in [4.69, 9.17) is 0 Å². The summed E-state index contributed by atoms with van der Waals surface area (Å²) in [6, 6.07) is 9.24. The van der Waals surface area contributed by atoms with Gasteiger partial charge in [-0.15, -0.1) is 0 Å². The van der Waals surface area contributed by atoms with Gasteiger partial charge in [0.1, 0.15) is 0 Å². The quantitative estimate of drug-likeness (QED) is 0.880. The predicted molar refractivity (Wildman–Crippen MR) is 96.5 cm³/mol. The van der Waals surface area contributed by atoms with E-state index in [-0.39, 0.29) is 23.9 Å². The Balaban J connectivity index is 1.28. The first kappa shape index (κ1) is 16.5. The number of urea groups is 1. The zero-order chi connectivity index (χ0) is 17.9. The van der Waals surface area contributed by atoms with Gasteiger partial charge in [-0.2, -0.15) is 0 Å². The molecule has 1 aliphatic heterocycles. The number of likely N-dealkylation sites (tertiary alicyclic amines) is 1. The number of para-hydroxylation sites is 1. The van der Waals surface area contributed by atoms with Crippen LogP contribution in [0.2, 0.25) is 0 Å². The highest BCUT2D eigenvalue weighted by Crippen LogP contribution is 2.23. The molecule has 0 saturated carbocycles. The normalized spacial score (nSPS) is 19.2. The van der Waals surface area contributed by atoms with Gasteiger partial charge in [0.2, 0.25) is 5.91 Å². The molecule has 26 heavy (non-hydrogen) atoms. The van der Waals surface area contributed by atoms with Crippen LogP contribution >= 0.6 is 0 Å². The third-order valence-electron chi connectivity index (χ3n) is 4.96. The number of fused-ring (bicyclic) bond motifs is 1. The second-order valence-electron chi connectivity index (χ2n) is 6.79. The molecule has 2 aliphatic rings. The summed E-state index contributed by atoms with van der Waals surface area (Å²) >= 11 is 0. The maximum Gasteiger partial charge on any atom is 0.321 e. The molecule has 7 nitrogen and oxygen atoms in total. The fourth-order valence-corrected chi connectivity index (χ4v) is 3.57. The Kier molecular flexibility index (Phi) is 4.51. The Labute approximate surface area is 151 Å². The van der Waals surface area contributed by atoms with Crippen molar-refractivity contribution in [2.24, 2.45) is 5.92 Å². The largest absolute Gasteiger partial charge is 0.351 e. The molecule has 1 aromatic heterocycles. The maximum absolute atomic E-state index is 12.6. The maximum atomic E-state index is 12.6. The Bertz CT molecular complexity index is 786. The molecule has 1 saturated heterocycles. The highest BCUT2D eigenvalue weighted by atomic mass is 16.2. The van der Waals surface area contributed by atoms with E-state index in [1.807, 2.05) is 30.3 Å². The second-order valence-corrected chi connectivity index (χ2v) is 6.79. The van der Waals surface area contributed by atoms with Crippen LogP contribution in [0.5, 0.6) is 0 Å². The zero-order valence-electron chi connectivity index (χ0n) is 14.4. The lowest BCUT2D eigenvalue weighted by molar-refractivity contribution is -0.125. The van der Waals surface area contributed by atoms with Gasteiger partial charge in [-0.05, 0) is 18.6 Å². The van der Waals surface area contributed by atoms with Crippen LogP contribution in [0.1, 0.15) is 17.8 Å². The third kappa shape index (κ3) is 3.51. The van der Waals surface area contributed by atoms with Gasteiger partial charge in [0.15, 0.2) is 0 Å². The summed E-state index contributed by atoms with van der Waals surface area (Å²) in [7, 11) is 0. The summed E-state index contributed by atoms with van der Waals surface area (Å²) in [6.45, 7) is 1.16. The van der Waals surface area contributed by atoms with Crippen molar-refractivity contribution in [2.45, 2.75) is 25.3 Å². The van der Waals surface area contributed by atoms with E-state index in [9.17, 15) is 9.59 Å². The monoisotopic (exact) mass is 351 g/mol. The van der Waals surface area contributed by atoms with Crippen molar-refractivity contribution in [1.29, 1.82) is 0 Å². The SMILES string of the molecule is O=C(NC1CCN(C(=O)Nc2ccccc2)C1)C1Cc2nccnc2C1. The van der Waals surface area contributed by atoms with Gasteiger partial charge < -0.3 is 15.5 Å². The average molecular weight is 351 g/mol. The third-order valence-corrected chi connectivity index (χ3v) is 4.96. The van der Waals surface area contributed by atoms with Gasteiger partial charge in [0.05, 0.1) is 11.4 Å². The Morgan fingerprint density at radius 3 is 2.42 bits per heavy atom. The second kappa shape index (κ2) is 7.11. The van der Waals surface area contributed by atoms with Crippen LogP contribution < -0.4 is 10.6 Å². The fraction of sp³-hybridized carbons (Fsp3) is 0.368. The molecule has 4 rings (SSSR count). The number of amides is 3. The summed E-state index contributed by atoms with van der Waals surface area (Å²) in [5, 5.41) is 5.97. The van der Waals surface area contributed by atoms with E-state index >= 15 is 0 Å². The fourth-order valence-electron chi connectivity index (χ4n) is 3.57. The van der Waals surface area contributed by atoms with Crippen molar-refractivity contribution >= 4 is 17.6 Å². The Morgan fingerprint density at radius 1 is 1.04 bits per heavy atom. The van der Waals surface area contributed by atoms with Gasteiger partial charge in [-0.3, -0.25) is 14.8 Å². The molecule has 0 radical (unpaired) electrons. The van der Waals surface area contributed by atoms with E-state index in [0.717, 1.165) is 23.5 Å². The zero-order valence-corrected chi connectivity index (χ0v) is 14.4. The molecular weight excluding hydrogens is 330 g/mol. The van der Waals surface area contributed by atoms with Crippen LogP contribution in [-0.4, -0.2) is 45.9 Å². The Morgan fingerprint density at radius 2 is 1.73 bits per heavy atom. The van der Waals surface area contributed by atoms with Crippen molar-refractivity contribution < 1.29 is 9.59 Å². The summed E-state index contributed by atoms with van der Waals surface area (Å²) in [4.78, 5) is 35.2. The highest BCUT2D eigenvalue weighted by molar-refractivity contribution is 5.89. The molecule has 1 fully saturated rings. The summed E-state index contributed by atoms with van der Waals surface area (Å²) < 4.78 is 0. The van der Waals surface area contributed by atoms with Gasteiger partial charge in [-0.25, -0.2) is 4.79 Å². The number of rotatable bonds is 3. The lowest BCUT2D eigenvalue weighted by atomic mass is 10.1. The molecule has 0 spiro atoms. The molecule has 1 aromatic carbocycles. The molecule has 1 unspecified atom stereocenters. The molecule has 134 valence electrons. The lowest BCUT2D eigenvalue weighted by Crippen LogP contribution is -2.42. The number of nitrogens with zero attached hydrogens (tertiary/aromatic N) is 3. The first-order chi connectivity index (χ1) is 12.7. The van der Waals surface area contributed by atoms with E-state index in [2.05, 4.69) is 20.6 Å². The van der Waals surface area contributed by atoms with Crippen molar-refractivity contribution in [2.75, 3.05) is 18.4 Å². The summed E-state index contributed by atoms with van der Waals surface area (Å²) in [5.41, 5.74) is 2.61. The molecular formula is C19H21N5O2. The van der Waals surface area contributed by atoms with Crippen molar-refractivity contribution in [3.05, 3.63) is 54.1 Å². The number of nitrogens with one attached hydrogen (secondary N) is 2. The summed E-state index contributed by atoms with van der Waals surface area (Å²) in [5.74, 6) is -0.0836. The predicted octanol–water partition coefficient (Wildman–Crippen LogP) is 1.61. The molecule has 3 amide bonds. The number of aromatic nitrogens is 2. The minimum absolute atomic E-state index is 0.00588. The topological polar surface area (TPSA) is 87.2 Å².